The minimum Gasteiger partial charge on any atom is -0.444 e. The molecule has 0 radical (unpaired) electrons. The Bertz CT molecular complexity index is 265. The standard InChI is InChI=1S/C12H24N2O3.H2/c1-6-10(15)14(5)9-7-8-13-11(16)17-12(2,3)4;/h6-9H2,1-5H3,(H,13,16);1H. The second-order valence-electron chi connectivity index (χ2n) is 4.95. The first-order valence-electron chi connectivity index (χ1n) is 5.97. The lowest BCUT2D eigenvalue weighted by atomic mass is 10.2. The highest BCUT2D eigenvalue weighted by Crippen LogP contribution is 2.06. The van der Waals surface area contributed by atoms with Crippen LogP contribution in [0, 0.1) is 0 Å². The maximum absolute atomic E-state index is 11.3. The molecule has 0 aliphatic heterocycles. The Balaban J connectivity index is 0. The van der Waals surface area contributed by atoms with Crippen molar-refractivity contribution in [1.29, 1.82) is 0 Å². The maximum Gasteiger partial charge on any atom is 0.407 e. The fourth-order valence-corrected chi connectivity index (χ4v) is 1.22. The summed E-state index contributed by atoms with van der Waals surface area (Å²) in [5.74, 6) is 0.113. The summed E-state index contributed by atoms with van der Waals surface area (Å²) in [5, 5.41) is 2.65. The van der Waals surface area contributed by atoms with Crippen LogP contribution in [-0.2, 0) is 9.53 Å². The molecule has 0 aromatic carbocycles. The van der Waals surface area contributed by atoms with Gasteiger partial charge in [0, 0.05) is 28.0 Å². The number of rotatable bonds is 5. The molecule has 0 bridgehead atoms. The van der Waals surface area contributed by atoms with Crippen molar-refractivity contribution in [3.63, 3.8) is 0 Å². The molecule has 0 aliphatic rings. The SMILES string of the molecule is CCC(=O)N(C)CCCNC(=O)OC(C)(C)C.[HH]. The van der Waals surface area contributed by atoms with Crippen LogP contribution in [0.1, 0.15) is 42.0 Å². The fraction of sp³-hybridized carbons (Fsp3) is 0.833. The van der Waals surface area contributed by atoms with Gasteiger partial charge in [-0.1, -0.05) is 6.92 Å². The van der Waals surface area contributed by atoms with Crippen molar-refractivity contribution in [3.8, 4) is 0 Å². The highest BCUT2D eigenvalue weighted by molar-refractivity contribution is 5.75. The summed E-state index contributed by atoms with van der Waals surface area (Å²) in [6.07, 6.45) is 0.819. The van der Waals surface area contributed by atoms with E-state index in [9.17, 15) is 9.59 Å². The molecule has 0 fully saturated rings. The van der Waals surface area contributed by atoms with Crippen molar-refractivity contribution in [2.24, 2.45) is 0 Å². The molecule has 0 spiro atoms. The molecule has 2 amide bonds. The van der Waals surface area contributed by atoms with Crippen molar-refractivity contribution in [1.82, 2.24) is 10.2 Å². The van der Waals surface area contributed by atoms with Gasteiger partial charge in [0.05, 0.1) is 0 Å². The lowest BCUT2D eigenvalue weighted by Crippen LogP contribution is -2.34. The molecule has 0 rings (SSSR count). The lowest BCUT2D eigenvalue weighted by molar-refractivity contribution is -0.129. The van der Waals surface area contributed by atoms with Crippen LogP contribution < -0.4 is 5.32 Å². The van der Waals surface area contributed by atoms with Crippen LogP contribution in [0.2, 0.25) is 0 Å². The largest absolute Gasteiger partial charge is 0.444 e. The third-order valence-electron chi connectivity index (χ3n) is 2.07. The Labute approximate surface area is 105 Å². The summed E-state index contributed by atoms with van der Waals surface area (Å²) < 4.78 is 5.08. The van der Waals surface area contributed by atoms with E-state index in [1.807, 2.05) is 27.7 Å². The smallest absolute Gasteiger partial charge is 0.407 e. The Morgan fingerprint density at radius 2 is 1.94 bits per heavy atom. The van der Waals surface area contributed by atoms with E-state index in [0.29, 0.717) is 19.5 Å². The molecule has 17 heavy (non-hydrogen) atoms. The van der Waals surface area contributed by atoms with Gasteiger partial charge in [0.1, 0.15) is 5.60 Å². The number of nitrogens with one attached hydrogen (secondary N) is 1. The van der Waals surface area contributed by atoms with Crippen LogP contribution in [0.3, 0.4) is 0 Å². The maximum atomic E-state index is 11.3. The first-order chi connectivity index (χ1) is 7.76. The van der Waals surface area contributed by atoms with E-state index >= 15 is 0 Å². The quantitative estimate of drug-likeness (QED) is 0.755. The number of ether oxygens (including phenoxy) is 1. The Hall–Kier alpha value is -1.26. The van der Waals surface area contributed by atoms with Crippen LogP contribution in [0.15, 0.2) is 0 Å². The summed E-state index contributed by atoms with van der Waals surface area (Å²) in [4.78, 5) is 24.2. The molecule has 1 N–H and O–H groups in total. The van der Waals surface area contributed by atoms with Crippen LogP contribution in [-0.4, -0.2) is 42.6 Å². The van der Waals surface area contributed by atoms with Crippen LogP contribution in [0.25, 0.3) is 0 Å². The summed E-state index contributed by atoms with van der Waals surface area (Å²) in [5.41, 5.74) is -0.473. The van der Waals surface area contributed by atoms with Gasteiger partial charge in [-0.05, 0) is 27.2 Å². The molecule has 0 heterocycles. The Kier molecular flexibility index (Phi) is 6.61. The summed E-state index contributed by atoms with van der Waals surface area (Å²) in [6.45, 7) is 8.44. The average Bonchev–Trinajstić information content (AvgIpc) is 2.20. The molecular formula is C12H26N2O3. The average molecular weight is 246 g/mol. The predicted octanol–water partition coefficient (Wildman–Crippen LogP) is 2.02. The van der Waals surface area contributed by atoms with Crippen LogP contribution >= 0.6 is 0 Å². The first-order valence-corrected chi connectivity index (χ1v) is 5.97. The van der Waals surface area contributed by atoms with Gasteiger partial charge in [-0.3, -0.25) is 4.79 Å². The van der Waals surface area contributed by atoms with Gasteiger partial charge in [-0.15, -0.1) is 0 Å². The van der Waals surface area contributed by atoms with E-state index < -0.39 is 11.7 Å². The van der Waals surface area contributed by atoms with Gasteiger partial charge in [0.25, 0.3) is 0 Å². The zero-order valence-electron chi connectivity index (χ0n) is 11.5. The molecule has 0 saturated heterocycles. The lowest BCUT2D eigenvalue weighted by Gasteiger charge is -2.20. The molecular weight excluding hydrogens is 220 g/mol. The summed E-state index contributed by atoms with van der Waals surface area (Å²) >= 11 is 0. The topological polar surface area (TPSA) is 58.6 Å². The molecule has 0 unspecified atom stereocenters. The number of amides is 2. The molecule has 5 heteroatoms. The summed E-state index contributed by atoms with van der Waals surface area (Å²) in [6, 6.07) is 0. The monoisotopic (exact) mass is 246 g/mol. The number of carbonyl (C=O) groups is 2. The van der Waals surface area contributed by atoms with Crippen molar-refractivity contribution in [2.45, 2.75) is 46.1 Å². The van der Waals surface area contributed by atoms with Crippen LogP contribution in [0.5, 0.6) is 0 Å². The van der Waals surface area contributed by atoms with Gasteiger partial charge in [-0.25, -0.2) is 4.79 Å². The molecule has 0 aliphatic carbocycles. The summed E-state index contributed by atoms with van der Waals surface area (Å²) in [7, 11) is 1.76. The van der Waals surface area contributed by atoms with Crippen molar-refractivity contribution in [2.75, 3.05) is 20.1 Å². The molecule has 102 valence electrons. The van der Waals surface area contributed by atoms with E-state index in [0.717, 1.165) is 6.42 Å². The zero-order valence-corrected chi connectivity index (χ0v) is 11.5. The number of hydrogen-bond donors (Lipinski definition) is 1. The highest BCUT2D eigenvalue weighted by Gasteiger charge is 2.15. The predicted molar refractivity (Wildman–Crippen MR) is 68.9 cm³/mol. The van der Waals surface area contributed by atoms with Crippen molar-refractivity contribution >= 4 is 12.0 Å². The molecule has 0 saturated carbocycles. The van der Waals surface area contributed by atoms with E-state index in [-0.39, 0.29) is 7.33 Å². The second-order valence-corrected chi connectivity index (χ2v) is 4.95. The number of hydrogen-bond acceptors (Lipinski definition) is 3. The fourth-order valence-electron chi connectivity index (χ4n) is 1.22. The first kappa shape index (κ1) is 15.7. The van der Waals surface area contributed by atoms with Gasteiger partial charge in [-0.2, -0.15) is 0 Å². The molecule has 5 nitrogen and oxygen atoms in total. The van der Waals surface area contributed by atoms with E-state index in [1.54, 1.807) is 11.9 Å². The third kappa shape index (κ3) is 8.54. The van der Waals surface area contributed by atoms with E-state index in [2.05, 4.69) is 5.32 Å². The number of carbonyl (C=O) groups excluding carboxylic acids is 2. The van der Waals surface area contributed by atoms with Crippen molar-refractivity contribution in [3.05, 3.63) is 0 Å². The minimum absolute atomic E-state index is 0. The highest BCUT2D eigenvalue weighted by atomic mass is 16.6. The van der Waals surface area contributed by atoms with Crippen molar-refractivity contribution < 1.29 is 15.8 Å². The van der Waals surface area contributed by atoms with Gasteiger partial charge < -0.3 is 15.0 Å². The van der Waals surface area contributed by atoms with E-state index in [1.165, 1.54) is 0 Å². The van der Waals surface area contributed by atoms with Gasteiger partial charge in [0.2, 0.25) is 5.91 Å². The normalized spacial score (nSPS) is 10.9. The van der Waals surface area contributed by atoms with Gasteiger partial charge >= 0.3 is 6.09 Å². The number of nitrogens with zero attached hydrogens (tertiary/aromatic N) is 1. The Morgan fingerprint density at radius 1 is 1.35 bits per heavy atom. The minimum atomic E-state index is -0.473. The second kappa shape index (κ2) is 7.14. The molecule has 0 aromatic heterocycles. The molecule has 0 atom stereocenters. The zero-order chi connectivity index (χ0) is 13.5. The van der Waals surface area contributed by atoms with Crippen LogP contribution in [0.4, 0.5) is 4.79 Å². The van der Waals surface area contributed by atoms with E-state index in [4.69, 9.17) is 4.74 Å². The van der Waals surface area contributed by atoms with Gasteiger partial charge in [0.15, 0.2) is 0 Å². The molecule has 0 aromatic rings. The third-order valence-corrected chi connectivity index (χ3v) is 2.07. The Morgan fingerprint density at radius 3 is 2.41 bits per heavy atom. The number of alkyl carbamates (subject to hydrolysis) is 1.